The molecular weight excluding hydrogens is 380 g/mol. The van der Waals surface area contributed by atoms with Crippen molar-refractivity contribution in [3.05, 3.63) is 71.2 Å². The standard InChI is InChI=1S/C23H26N4O3/c1-15-13-24-21(23(29)25-20-8-10-30-14-22(20)28)12-18(15)11-16-3-5-17(6-4-16)19-7-9-27(2)26-19/h3-7,9,12-13,20,22,28H,8,10-11,14H2,1-2H3,(H,25,29). The Balaban J connectivity index is 1.47. The molecule has 4 rings (SSSR count). The van der Waals surface area contributed by atoms with E-state index >= 15 is 0 Å². The monoisotopic (exact) mass is 406 g/mol. The van der Waals surface area contributed by atoms with Crippen LogP contribution in [0.3, 0.4) is 0 Å². The van der Waals surface area contributed by atoms with Crippen LogP contribution < -0.4 is 5.32 Å². The zero-order valence-electron chi connectivity index (χ0n) is 17.2. The van der Waals surface area contributed by atoms with Crippen molar-refractivity contribution in [2.24, 2.45) is 7.05 Å². The number of hydrogen-bond donors (Lipinski definition) is 2. The van der Waals surface area contributed by atoms with Gasteiger partial charge in [-0.3, -0.25) is 14.5 Å². The van der Waals surface area contributed by atoms with Crippen molar-refractivity contribution in [3.8, 4) is 11.3 Å². The van der Waals surface area contributed by atoms with E-state index in [1.165, 1.54) is 0 Å². The van der Waals surface area contributed by atoms with Gasteiger partial charge in [-0.25, -0.2) is 0 Å². The molecule has 1 aliphatic heterocycles. The number of benzene rings is 1. The van der Waals surface area contributed by atoms with Crippen LogP contribution in [0.25, 0.3) is 11.3 Å². The minimum absolute atomic E-state index is 0.242. The van der Waals surface area contributed by atoms with Crippen molar-refractivity contribution in [1.82, 2.24) is 20.1 Å². The molecule has 3 heterocycles. The first kappa shape index (κ1) is 20.3. The van der Waals surface area contributed by atoms with Crippen LogP contribution in [0.4, 0.5) is 0 Å². The number of nitrogens with zero attached hydrogens (tertiary/aromatic N) is 3. The molecule has 0 radical (unpaired) electrons. The van der Waals surface area contributed by atoms with E-state index in [-0.39, 0.29) is 18.6 Å². The first-order valence-electron chi connectivity index (χ1n) is 10.1. The Labute approximate surface area is 175 Å². The summed E-state index contributed by atoms with van der Waals surface area (Å²) in [4.78, 5) is 16.9. The topological polar surface area (TPSA) is 89.3 Å². The molecule has 7 nitrogen and oxygen atoms in total. The number of aliphatic hydroxyl groups is 1. The fourth-order valence-corrected chi connectivity index (χ4v) is 3.60. The first-order chi connectivity index (χ1) is 14.5. The molecule has 1 aromatic carbocycles. The minimum Gasteiger partial charge on any atom is -0.389 e. The first-order valence-corrected chi connectivity index (χ1v) is 10.1. The number of aliphatic hydroxyl groups excluding tert-OH is 1. The van der Waals surface area contributed by atoms with Crippen LogP contribution in [-0.4, -0.2) is 51.1 Å². The fraction of sp³-hybridized carbons (Fsp3) is 0.348. The Morgan fingerprint density at radius 2 is 2.10 bits per heavy atom. The molecule has 7 heteroatoms. The van der Waals surface area contributed by atoms with Gasteiger partial charge >= 0.3 is 0 Å². The Kier molecular flexibility index (Phi) is 5.92. The molecule has 1 amide bonds. The molecule has 30 heavy (non-hydrogen) atoms. The zero-order valence-corrected chi connectivity index (χ0v) is 17.2. The number of rotatable bonds is 5. The predicted octanol–water partition coefficient (Wildman–Crippen LogP) is 2.26. The smallest absolute Gasteiger partial charge is 0.270 e. The average molecular weight is 406 g/mol. The van der Waals surface area contributed by atoms with Crippen molar-refractivity contribution in [1.29, 1.82) is 0 Å². The maximum Gasteiger partial charge on any atom is 0.270 e. The Bertz CT molecular complexity index is 1030. The van der Waals surface area contributed by atoms with Gasteiger partial charge in [0, 0.05) is 31.6 Å². The van der Waals surface area contributed by atoms with Crippen molar-refractivity contribution in [2.75, 3.05) is 13.2 Å². The lowest BCUT2D eigenvalue weighted by Crippen LogP contribution is -2.48. The average Bonchev–Trinajstić information content (AvgIpc) is 3.18. The number of aryl methyl sites for hydroxylation is 2. The van der Waals surface area contributed by atoms with Crippen molar-refractivity contribution in [3.63, 3.8) is 0 Å². The second-order valence-corrected chi connectivity index (χ2v) is 7.76. The summed E-state index contributed by atoms with van der Waals surface area (Å²) in [5.74, 6) is -0.271. The van der Waals surface area contributed by atoms with Gasteiger partial charge in [-0.15, -0.1) is 0 Å². The van der Waals surface area contributed by atoms with Crippen LogP contribution in [0.2, 0.25) is 0 Å². The lowest BCUT2D eigenvalue weighted by Gasteiger charge is -2.28. The molecular formula is C23H26N4O3. The SMILES string of the molecule is Cc1cnc(C(=O)NC2CCOCC2O)cc1Cc1ccc(-c2ccn(C)n2)cc1. The van der Waals surface area contributed by atoms with E-state index in [4.69, 9.17) is 4.74 Å². The minimum atomic E-state index is -0.690. The quantitative estimate of drug-likeness (QED) is 0.679. The molecule has 1 fully saturated rings. The highest BCUT2D eigenvalue weighted by atomic mass is 16.5. The van der Waals surface area contributed by atoms with E-state index in [2.05, 4.69) is 39.7 Å². The lowest BCUT2D eigenvalue weighted by atomic mass is 9.99. The molecule has 2 aromatic heterocycles. The van der Waals surface area contributed by atoms with Crippen LogP contribution in [0, 0.1) is 6.92 Å². The summed E-state index contributed by atoms with van der Waals surface area (Å²) >= 11 is 0. The van der Waals surface area contributed by atoms with E-state index < -0.39 is 6.10 Å². The number of carbonyl (C=O) groups is 1. The van der Waals surface area contributed by atoms with Crippen molar-refractivity contribution < 1.29 is 14.6 Å². The van der Waals surface area contributed by atoms with Crippen LogP contribution >= 0.6 is 0 Å². The van der Waals surface area contributed by atoms with Gasteiger partial charge in [0.25, 0.3) is 5.91 Å². The third-order valence-corrected chi connectivity index (χ3v) is 5.45. The maximum absolute atomic E-state index is 12.6. The summed E-state index contributed by atoms with van der Waals surface area (Å²) in [6, 6.07) is 11.8. The van der Waals surface area contributed by atoms with Crippen LogP contribution in [-0.2, 0) is 18.2 Å². The van der Waals surface area contributed by atoms with Gasteiger partial charge in [-0.2, -0.15) is 5.10 Å². The summed E-state index contributed by atoms with van der Waals surface area (Å²) < 4.78 is 7.00. The predicted molar refractivity (Wildman–Crippen MR) is 113 cm³/mol. The number of hydrogen-bond acceptors (Lipinski definition) is 5. The molecule has 0 aliphatic carbocycles. The number of nitrogens with one attached hydrogen (secondary N) is 1. The number of ether oxygens (including phenoxy) is 1. The second-order valence-electron chi connectivity index (χ2n) is 7.76. The Morgan fingerprint density at radius 3 is 2.80 bits per heavy atom. The van der Waals surface area contributed by atoms with Gasteiger partial charge in [0.2, 0.25) is 0 Å². The second kappa shape index (κ2) is 8.77. The van der Waals surface area contributed by atoms with E-state index in [9.17, 15) is 9.90 Å². The van der Waals surface area contributed by atoms with Gasteiger partial charge in [0.05, 0.1) is 24.4 Å². The van der Waals surface area contributed by atoms with E-state index in [0.29, 0.717) is 25.1 Å². The molecule has 156 valence electrons. The van der Waals surface area contributed by atoms with E-state index in [1.807, 2.05) is 32.3 Å². The summed E-state index contributed by atoms with van der Waals surface area (Å²) in [6.45, 7) is 2.77. The van der Waals surface area contributed by atoms with Crippen LogP contribution in [0.1, 0.15) is 33.6 Å². The van der Waals surface area contributed by atoms with E-state index in [0.717, 1.165) is 27.9 Å². The van der Waals surface area contributed by atoms with Gasteiger partial charge in [-0.05, 0) is 48.6 Å². The van der Waals surface area contributed by atoms with Crippen LogP contribution in [0.5, 0.6) is 0 Å². The van der Waals surface area contributed by atoms with Gasteiger partial charge in [0.15, 0.2) is 0 Å². The maximum atomic E-state index is 12.6. The van der Waals surface area contributed by atoms with Gasteiger partial charge < -0.3 is 15.2 Å². The lowest BCUT2D eigenvalue weighted by molar-refractivity contribution is -0.0261. The zero-order chi connectivity index (χ0) is 21.1. The molecule has 1 saturated heterocycles. The Morgan fingerprint density at radius 1 is 1.30 bits per heavy atom. The fourth-order valence-electron chi connectivity index (χ4n) is 3.60. The number of aromatic nitrogens is 3. The van der Waals surface area contributed by atoms with Gasteiger partial charge in [0.1, 0.15) is 5.69 Å². The van der Waals surface area contributed by atoms with E-state index in [1.54, 1.807) is 10.9 Å². The number of amides is 1. The summed E-state index contributed by atoms with van der Waals surface area (Å²) in [6.07, 6.45) is 4.26. The highest BCUT2D eigenvalue weighted by Gasteiger charge is 2.26. The third-order valence-electron chi connectivity index (χ3n) is 5.45. The molecule has 0 spiro atoms. The summed E-state index contributed by atoms with van der Waals surface area (Å²) in [5.41, 5.74) is 5.61. The largest absolute Gasteiger partial charge is 0.389 e. The number of carbonyl (C=O) groups excluding carboxylic acids is 1. The van der Waals surface area contributed by atoms with Crippen molar-refractivity contribution >= 4 is 5.91 Å². The molecule has 3 aromatic rings. The Hall–Kier alpha value is -3.03. The molecule has 1 aliphatic rings. The van der Waals surface area contributed by atoms with Crippen LogP contribution in [0.15, 0.2) is 48.8 Å². The highest BCUT2D eigenvalue weighted by molar-refractivity contribution is 5.92. The molecule has 2 unspecified atom stereocenters. The molecule has 0 saturated carbocycles. The molecule has 2 atom stereocenters. The third kappa shape index (κ3) is 4.58. The van der Waals surface area contributed by atoms with Crippen molar-refractivity contribution in [2.45, 2.75) is 31.9 Å². The molecule has 2 N–H and O–H groups in total. The number of pyridine rings is 1. The normalized spacial score (nSPS) is 18.9. The summed E-state index contributed by atoms with van der Waals surface area (Å²) in [7, 11) is 1.90. The highest BCUT2D eigenvalue weighted by Crippen LogP contribution is 2.20. The van der Waals surface area contributed by atoms with Gasteiger partial charge in [-0.1, -0.05) is 24.3 Å². The molecule has 0 bridgehead atoms. The summed E-state index contributed by atoms with van der Waals surface area (Å²) in [5, 5.41) is 17.3.